The van der Waals surface area contributed by atoms with Crippen molar-refractivity contribution in [1.29, 1.82) is 0 Å². The number of halogens is 1. The summed E-state index contributed by atoms with van der Waals surface area (Å²) in [6.45, 7) is 2.30. The lowest BCUT2D eigenvalue weighted by molar-refractivity contribution is -0.384. The number of carbonyl (C=O) groups is 1. The van der Waals surface area contributed by atoms with Crippen LogP contribution in [-0.4, -0.2) is 28.8 Å². The van der Waals surface area contributed by atoms with Crippen LogP contribution in [0.15, 0.2) is 48.5 Å². The summed E-state index contributed by atoms with van der Waals surface area (Å²) in [6.07, 6.45) is 1.45. The van der Waals surface area contributed by atoms with Gasteiger partial charge in [-0.25, -0.2) is 4.39 Å². The number of amides is 1. The molecule has 2 aromatic rings. The molecule has 1 aliphatic rings. The maximum absolute atomic E-state index is 13.0. The molecule has 1 fully saturated rings. The van der Waals surface area contributed by atoms with Crippen LogP contribution in [0.1, 0.15) is 18.4 Å². The molecule has 6 nitrogen and oxygen atoms in total. The van der Waals surface area contributed by atoms with Crippen molar-refractivity contribution in [3.05, 3.63) is 70.0 Å². The van der Waals surface area contributed by atoms with Crippen molar-refractivity contribution in [2.75, 3.05) is 18.4 Å². The third-order valence-corrected chi connectivity index (χ3v) is 4.60. The zero-order valence-electron chi connectivity index (χ0n) is 14.2. The van der Waals surface area contributed by atoms with Crippen molar-refractivity contribution >= 4 is 17.3 Å². The van der Waals surface area contributed by atoms with E-state index in [2.05, 4.69) is 10.2 Å². The van der Waals surface area contributed by atoms with E-state index < -0.39 is 4.92 Å². The van der Waals surface area contributed by atoms with Gasteiger partial charge in [-0.15, -0.1) is 0 Å². The van der Waals surface area contributed by atoms with E-state index in [1.165, 1.54) is 24.3 Å². The third-order valence-electron chi connectivity index (χ3n) is 4.60. The molecule has 1 heterocycles. The molecular weight excluding hydrogens is 337 g/mol. The number of benzene rings is 2. The maximum Gasteiger partial charge on any atom is 0.271 e. The summed E-state index contributed by atoms with van der Waals surface area (Å²) in [6, 6.07) is 12.4. The predicted octanol–water partition coefficient (Wildman–Crippen LogP) is 3.58. The smallest absolute Gasteiger partial charge is 0.271 e. The number of carbonyl (C=O) groups excluding carboxylic acids is 1. The number of likely N-dealkylation sites (tertiary alicyclic amines) is 1. The normalized spacial score (nSPS) is 15.6. The molecule has 0 aromatic heterocycles. The highest BCUT2D eigenvalue weighted by Crippen LogP contribution is 2.22. The Kier molecular flexibility index (Phi) is 5.58. The molecule has 2 aromatic carbocycles. The molecular formula is C19H20FN3O3. The first-order valence-electron chi connectivity index (χ1n) is 8.53. The Bertz CT molecular complexity index is 787. The molecule has 1 amide bonds. The summed E-state index contributed by atoms with van der Waals surface area (Å²) < 4.78 is 13.0. The van der Waals surface area contributed by atoms with Crippen molar-refractivity contribution in [2.24, 2.45) is 5.92 Å². The van der Waals surface area contributed by atoms with Gasteiger partial charge < -0.3 is 5.32 Å². The van der Waals surface area contributed by atoms with Crippen molar-refractivity contribution < 1.29 is 14.1 Å². The summed E-state index contributed by atoms with van der Waals surface area (Å²) in [5.74, 6) is -0.462. The van der Waals surface area contributed by atoms with E-state index >= 15 is 0 Å². The predicted molar refractivity (Wildman–Crippen MR) is 96.1 cm³/mol. The minimum Gasteiger partial charge on any atom is -0.326 e. The van der Waals surface area contributed by atoms with E-state index in [1.807, 2.05) is 0 Å². The first-order chi connectivity index (χ1) is 12.5. The Balaban J connectivity index is 1.51. The average Bonchev–Trinajstić information content (AvgIpc) is 2.64. The van der Waals surface area contributed by atoms with Crippen molar-refractivity contribution in [2.45, 2.75) is 19.4 Å². The van der Waals surface area contributed by atoms with Crippen LogP contribution in [0, 0.1) is 21.8 Å². The summed E-state index contributed by atoms with van der Waals surface area (Å²) in [5, 5.41) is 13.6. The van der Waals surface area contributed by atoms with E-state index in [0.29, 0.717) is 5.69 Å². The summed E-state index contributed by atoms with van der Waals surface area (Å²) in [7, 11) is 0. The fourth-order valence-electron chi connectivity index (χ4n) is 3.14. The molecule has 1 saturated heterocycles. The lowest BCUT2D eigenvalue weighted by atomic mass is 9.95. The first kappa shape index (κ1) is 18.0. The molecule has 7 heteroatoms. The molecule has 136 valence electrons. The SMILES string of the molecule is O=C(Nc1cccc([N+](=O)[O-])c1)C1CCN(Cc2ccc(F)cc2)CC1. The number of nitrogens with one attached hydrogen (secondary N) is 1. The highest BCUT2D eigenvalue weighted by molar-refractivity contribution is 5.92. The van der Waals surface area contributed by atoms with Crippen LogP contribution in [-0.2, 0) is 11.3 Å². The number of nitrogens with zero attached hydrogens (tertiary/aromatic N) is 2. The van der Waals surface area contributed by atoms with E-state index in [4.69, 9.17) is 0 Å². The quantitative estimate of drug-likeness (QED) is 0.655. The second-order valence-corrected chi connectivity index (χ2v) is 6.47. The Morgan fingerprint density at radius 3 is 2.54 bits per heavy atom. The van der Waals surface area contributed by atoms with E-state index in [9.17, 15) is 19.3 Å². The lowest BCUT2D eigenvalue weighted by Gasteiger charge is -2.31. The fourth-order valence-corrected chi connectivity index (χ4v) is 3.14. The zero-order valence-corrected chi connectivity index (χ0v) is 14.2. The summed E-state index contributed by atoms with van der Waals surface area (Å²) in [4.78, 5) is 25.0. The molecule has 1 N–H and O–H groups in total. The largest absolute Gasteiger partial charge is 0.326 e. The number of rotatable bonds is 5. The van der Waals surface area contributed by atoms with Crippen LogP contribution < -0.4 is 5.32 Å². The summed E-state index contributed by atoms with van der Waals surface area (Å²) >= 11 is 0. The van der Waals surface area contributed by atoms with Gasteiger partial charge in [0.1, 0.15) is 5.82 Å². The highest BCUT2D eigenvalue weighted by Gasteiger charge is 2.25. The van der Waals surface area contributed by atoms with Gasteiger partial charge in [0.25, 0.3) is 5.69 Å². The Morgan fingerprint density at radius 2 is 1.88 bits per heavy atom. The number of nitro groups is 1. The molecule has 0 unspecified atom stereocenters. The summed E-state index contributed by atoms with van der Waals surface area (Å²) in [5.41, 5.74) is 1.45. The maximum atomic E-state index is 13.0. The second kappa shape index (κ2) is 8.05. The van der Waals surface area contributed by atoms with Crippen LogP contribution in [0.2, 0.25) is 0 Å². The van der Waals surface area contributed by atoms with Gasteiger partial charge in [0.05, 0.1) is 4.92 Å². The molecule has 0 aliphatic carbocycles. The number of anilines is 1. The number of non-ortho nitro benzene ring substituents is 1. The number of hydrogen-bond donors (Lipinski definition) is 1. The number of hydrogen-bond acceptors (Lipinski definition) is 4. The van der Waals surface area contributed by atoms with Gasteiger partial charge in [0.15, 0.2) is 0 Å². The van der Waals surface area contributed by atoms with Gasteiger partial charge in [0, 0.05) is 30.3 Å². The van der Waals surface area contributed by atoms with Gasteiger partial charge in [-0.2, -0.15) is 0 Å². The van der Waals surface area contributed by atoms with Crippen LogP contribution in [0.4, 0.5) is 15.8 Å². The average molecular weight is 357 g/mol. The van der Waals surface area contributed by atoms with Gasteiger partial charge in [0.2, 0.25) is 5.91 Å². The second-order valence-electron chi connectivity index (χ2n) is 6.47. The molecule has 0 atom stereocenters. The fraction of sp³-hybridized carbons (Fsp3) is 0.316. The van der Waals surface area contributed by atoms with Gasteiger partial charge in [-0.3, -0.25) is 19.8 Å². The molecule has 26 heavy (non-hydrogen) atoms. The molecule has 1 aliphatic heterocycles. The van der Waals surface area contributed by atoms with Crippen LogP contribution >= 0.6 is 0 Å². The highest BCUT2D eigenvalue weighted by atomic mass is 19.1. The zero-order chi connectivity index (χ0) is 18.5. The van der Waals surface area contributed by atoms with Crippen molar-refractivity contribution in [3.63, 3.8) is 0 Å². The minimum absolute atomic E-state index is 0.0445. The van der Waals surface area contributed by atoms with Gasteiger partial charge >= 0.3 is 0 Å². The Morgan fingerprint density at radius 1 is 1.19 bits per heavy atom. The third kappa shape index (κ3) is 4.64. The molecule has 0 bridgehead atoms. The number of piperidine rings is 1. The minimum atomic E-state index is -0.483. The van der Waals surface area contributed by atoms with Crippen LogP contribution in [0.3, 0.4) is 0 Å². The van der Waals surface area contributed by atoms with Crippen LogP contribution in [0.5, 0.6) is 0 Å². The molecule has 0 radical (unpaired) electrons. The van der Waals surface area contributed by atoms with Crippen molar-refractivity contribution in [3.8, 4) is 0 Å². The Hall–Kier alpha value is -2.80. The standard InChI is InChI=1S/C19H20FN3O3/c20-16-6-4-14(5-7-16)13-22-10-8-15(9-11-22)19(24)21-17-2-1-3-18(12-17)23(25)26/h1-7,12,15H,8-11,13H2,(H,21,24). The van der Waals surface area contributed by atoms with E-state index in [1.54, 1.807) is 24.3 Å². The van der Waals surface area contributed by atoms with Crippen LogP contribution in [0.25, 0.3) is 0 Å². The van der Waals surface area contributed by atoms with Gasteiger partial charge in [-0.1, -0.05) is 18.2 Å². The molecule has 0 spiro atoms. The van der Waals surface area contributed by atoms with E-state index in [0.717, 1.165) is 38.0 Å². The number of nitro benzene ring substituents is 1. The Labute approximate surface area is 150 Å². The molecule has 3 rings (SSSR count). The monoisotopic (exact) mass is 357 g/mol. The lowest BCUT2D eigenvalue weighted by Crippen LogP contribution is -2.37. The van der Waals surface area contributed by atoms with E-state index in [-0.39, 0.29) is 23.3 Å². The van der Waals surface area contributed by atoms with Gasteiger partial charge in [-0.05, 0) is 49.7 Å². The van der Waals surface area contributed by atoms with Crippen molar-refractivity contribution in [1.82, 2.24) is 4.90 Å². The topological polar surface area (TPSA) is 75.5 Å². The molecule has 0 saturated carbocycles. The first-order valence-corrected chi connectivity index (χ1v) is 8.53.